The highest BCUT2D eigenvalue weighted by Crippen LogP contribution is 2.28. The molecular formula is C14H12F2N4. The Morgan fingerprint density at radius 2 is 1.90 bits per heavy atom. The SMILES string of the molecule is FC(F)(CNc1ccnn2ccnc12)c1ccccc1. The molecule has 0 amide bonds. The Bertz CT molecular complexity index is 709. The smallest absolute Gasteiger partial charge is 0.290 e. The third-order valence-electron chi connectivity index (χ3n) is 2.99. The van der Waals surface area contributed by atoms with E-state index >= 15 is 0 Å². The van der Waals surface area contributed by atoms with Crippen LogP contribution < -0.4 is 5.32 Å². The minimum Gasteiger partial charge on any atom is -0.376 e. The van der Waals surface area contributed by atoms with Crippen LogP contribution in [0.4, 0.5) is 14.5 Å². The van der Waals surface area contributed by atoms with Gasteiger partial charge in [-0.15, -0.1) is 0 Å². The molecule has 2 heterocycles. The first-order valence-electron chi connectivity index (χ1n) is 6.12. The molecule has 102 valence electrons. The van der Waals surface area contributed by atoms with Gasteiger partial charge in [-0.2, -0.15) is 13.9 Å². The van der Waals surface area contributed by atoms with E-state index in [4.69, 9.17) is 0 Å². The molecule has 0 radical (unpaired) electrons. The molecular weight excluding hydrogens is 262 g/mol. The van der Waals surface area contributed by atoms with Crippen molar-refractivity contribution in [2.75, 3.05) is 11.9 Å². The maximum atomic E-state index is 14.1. The van der Waals surface area contributed by atoms with Crippen molar-refractivity contribution in [1.82, 2.24) is 14.6 Å². The van der Waals surface area contributed by atoms with Gasteiger partial charge < -0.3 is 5.32 Å². The quantitative estimate of drug-likeness (QED) is 0.795. The van der Waals surface area contributed by atoms with Crippen molar-refractivity contribution in [2.24, 2.45) is 0 Å². The van der Waals surface area contributed by atoms with Gasteiger partial charge in [0, 0.05) is 18.0 Å². The second-order valence-electron chi connectivity index (χ2n) is 4.36. The highest BCUT2D eigenvalue weighted by Gasteiger charge is 2.31. The molecule has 0 bridgehead atoms. The van der Waals surface area contributed by atoms with Crippen molar-refractivity contribution < 1.29 is 8.78 Å². The van der Waals surface area contributed by atoms with Gasteiger partial charge >= 0.3 is 0 Å². The minimum absolute atomic E-state index is 0.0130. The standard InChI is InChI=1S/C14H12F2N4/c15-14(16,11-4-2-1-3-5-11)10-18-12-6-7-19-20-9-8-17-13(12)20/h1-9,18H,10H2. The maximum Gasteiger partial charge on any atom is 0.290 e. The molecule has 6 heteroatoms. The third kappa shape index (κ3) is 2.32. The summed E-state index contributed by atoms with van der Waals surface area (Å²) in [5.74, 6) is -2.95. The molecule has 0 aliphatic rings. The van der Waals surface area contributed by atoms with E-state index in [-0.39, 0.29) is 5.56 Å². The van der Waals surface area contributed by atoms with Gasteiger partial charge in [0.2, 0.25) is 0 Å². The fourth-order valence-corrected chi connectivity index (χ4v) is 1.97. The van der Waals surface area contributed by atoms with Gasteiger partial charge in [0.05, 0.1) is 18.4 Å². The zero-order chi connectivity index (χ0) is 14.0. The summed E-state index contributed by atoms with van der Waals surface area (Å²) in [4.78, 5) is 4.09. The fraction of sp³-hybridized carbons (Fsp3) is 0.143. The number of nitrogens with one attached hydrogen (secondary N) is 1. The highest BCUT2D eigenvalue weighted by atomic mass is 19.3. The Morgan fingerprint density at radius 3 is 2.70 bits per heavy atom. The van der Waals surface area contributed by atoms with E-state index in [1.165, 1.54) is 22.8 Å². The number of anilines is 1. The van der Waals surface area contributed by atoms with E-state index < -0.39 is 12.5 Å². The van der Waals surface area contributed by atoms with Crippen LogP contribution in [0, 0.1) is 0 Å². The number of aromatic nitrogens is 3. The molecule has 4 nitrogen and oxygen atoms in total. The Labute approximate surface area is 114 Å². The monoisotopic (exact) mass is 274 g/mol. The van der Waals surface area contributed by atoms with Gasteiger partial charge in [0.1, 0.15) is 0 Å². The molecule has 0 atom stereocenters. The first kappa shape index (κ1) is 12.5. The van der Waals surface area contributed by atoms with Crippen molar-refractivity contribution in [2.45, 2.75) is 5.92 Å². The van der Waals surface area contributed by atoms with Crippen LogP contribution in [0.5, 0.6) is 0 Å². The summed E-state index contributed by atoms with van der Waals surface area (Å²) in [5.41, 5.74) is 1.04. The lowest BCUT2D eigenvalue weighted by Crippen LogP contribution is -2.24. The molecule has 3 aromatic rings. The summed E-state index contributed by atoms with van der Waals surface area (Å²) in [6.07, 6.45) is 4.77. The summed E-state index contributed by atoms with van der Waals surface area (Å²) >= 11 is 0. The molecule has 0 fully saturated rings. The van der Waals surface area contributed by atoms with E-state index in [2.05, 4.69) is 15.4 Å². The topological polar surface area (TPSA) is 42.2 Å². The Morgan fingerprint density at radius 1 is 1.10 bits per heavy atom. The largest absolute Gasteiger partial charge is 0.376 e. The number of benzene rings is 1. The van der Waals surface area contributed by atoms with Gasteiger partial charge in [-0.25, -0.2) is 9.50 Å². The molecule has 0 saturated heterocycles. The number of rotatable bonds is 4. The van der Waals surface area contributed by atoms with Crippen LogP contribution in [-0.4, -0.2) is 21.1 Å². The fourth-order valence-electron chi connectivity index (χ4n) is 1.97. The first-order valence-corrected chi connectivity index (χ1v) is 6.12. The third-order valence-corrected chi connectivity index (χ3v) is 2.99. The number of hydrogen-bond donors (Lipinski definition) is 1. The summed E-state index contributed by atoms with van der Waals surface area (Å²) in [6.45, 7) is -0.496. The Kier molecular flexibility index (Phi) is 3.06. The lowest BCUT2D eigenvalue weighted by Gasteiger charge is -2.18. The van der Waals surface area contributed by atoms with Crippen LogP contribution in [0.1, 0.15) is 5.56 Å². The number of hydrogen-bond acceptors (Lipinski definition) is 3. The molecule has 3 rings (SSSR count). The van der Waals surface area contributed by atoms with Crippen LogP contribution in [-0.2, 0) is 5.92 Å². The van der Waals surface area contributed by atoms with Crippen LogP contribution >= 0.6 is 0 Å². The van der Waals surface area contributed by atoms with E-state index in [9.17, 15) is 8.78 Å². The predicted octanol–water partition coefficient (Wildman–Crippen LogP) is 2.93. The van der Waals surface area contributed by atoms with E-state index in [1.54, 1.807) is 36.7 Å². The molecule has 1 N–H and O–H groups in total. The van der Waals surface area contributed by atoms with Gasteiger partial charge in [-0.3, -0.25) is 0 Å². The predicted molar refractivity (Wildman–Crippen MR) is 71.8 cm³/mol. The van der Waals surface area contributed by atoms with Crippen LogP contribution in [0.3, 0.4) is 0 Å². The minimum atomic E-state index is -2.95. The molecule has 0 aliphatic carbocycles. The van der Waals surface area contributed by atoms with E-state index in [0.29, 0.717) is 11.3 Å². The number of imidazole rings is 1. The maximum absolute atomic E-state index is 14.1. The van der Waals surface area contributed by atoms with Crippen LogP contribution in [0.15, 0.2) is 55.0 Å². The number of alkyl halides is 2. The normalized spacial score (nSPS) is 11.7. The number of halogens is 2. The average Bonchev–Trinajstić information content (AvgIpc) is 2.95. The zero-order valence-corrected chi connectivity index (χ0v) is 10.5. The van der Waals surface area contributed by atoms with Gasteiger partial charge in [-0.1, -0.05) is 30.3 Å². The molecule has 0 spiro atoms. The summed E-state index contributed by atoms with van der Waals surface area (Å²) in [5, 5.41) is 6.77. The van der Waals surface area contributed by atoms with Crippen molar-refractivity contribution in [1.29, 1.82) is 0 Å². The van der Waals surface area contributed by atoms with Gasteiger partial charge in [-0.05, 0) is 6.07 Å². The second kappa shape index (κ2) is 4.88. The van der Waals surface area contributed by atoms with Crippen molar-refractivity contribution in [3.05, 3.63) is 60.6 Å². The molecule has 0 aliphatic heterocycles. The average molecular weight is 274 g/mol. The van der Waals surface area contributed by atoms with E-state index in [0.717, 1.165) is 0 Å². The van der Waals surface area contributed by atoms with Gasteiger partial charge in [0.15, 0.2) is 5.65 Å². The summed E-state index contributed by atoms with van der Waals surface area (Å²) in [6, 6.07) is 9.37. The summed E-state index contributed by atoms with van der Waals surface area (Å²) < 4.78 is 29.7. The molecule has 2 aromatic heterocycles. The molecule has 0 saturated carbocycles. The van der Waals surface area contributed by atoms with Crippen LogP contribution in [0.25, 0.3) is 5.65 Å². The molecule has 20 heavy (non-hydrogen) atoms. The Balaban J connectivity index is 1.81. The summed E-state index contributed by atoms with van der Waals surface area (Å²) in [7, 11) is 0. The first-order chi connectivity index (χ1) is 9.67. The van der Waals surface area contributed by atoms with Crippen molar-refractivity contribution >= 4 is 11.3 Å². The zero-order valence-electron chi connectivity index (χ0n) is 10.5. The van der Waals surface area contributed by atoms with Gasteiger partial charge in [0.25, 0.3) is 5.92 Å². The Hall–Kier alpha value is -2.50. The molecule has 1 aromatic carbocycles. The lowest BCUT2D eigenvalue weighted by molar-refractivity contribution is 0.0106. The number of nitrogens with zero attached hydrogens (tertiary/aromatic N) is 3. The molecule has 0 unspecified atom stereocenters. The second-order valence-corrected chi connectivity index (χ2v) is 4.36. The lowest BCUT2D eigenvalue weighted by atomic mass is 10.1. The van der Waals surface area contributed by atoms with Crippen molar-refractivity contribution in [3.63, 3.8) is 0 Å². The number of fused-ring (bicyclic) bond motifs is 1. The van der Waals surface area contributed by atoms with E-state index in [1.807, 2.05) is 0 Å². The van der Waals surface area contributed by atoms with Crippen LogP contribution in [0.2, 0.25) is 0 Å². The highest BCUT2D eigenvalue weighted by molar-refractivity contribution is 5.66. The van der Waals surface area contributed by atoms with Crippen molar-refractivity contribution in [3.8, 4) is 0 Å².